The Morgan fingerprint density at radius 2 is 2.12 bits per heavy atom. The molecule has 1 aliphatic heterocycles. The van der Waals surface area contributed by atoms with Crippen LogP contribution in [0.5, 0.6) is 0 Å². The third-order valence-corrected chi connectivity index (χ3v) is 3.31. The first-order valence-electron chi connectivity index (χ1n) is 5.74. The molecule has 3 N–H and O–H groups in total. The summed E-state index contributed by atoms with van der Waals surface area (Å²) in [5, 5.41) is 1.09. The number of hydrogen-bond acceptors (Lipinski definition) is 3. The molecule has 16 heavy (non-hydrogen) atoms. The lowest BCUT2D eigenvalue weighted by Gasteiger charge is -2.21. The number of aromatic amines is 1. The molecule has 0 spiro atoms. The van der Waals surface area contributed by atoms with Crippen molar-refractivity contribution in [3.63, 3.8) is 0 Å². The molecular weight excluding hydrogens is 200 g/mol. The number of hydrogen-bond donors (Lipinski definition) is 2. The van der Waals surface area contributed by atoms with E-state index in [0.717, 1.165) is 29.8 Å². The molecule has 0 bridgehead atoms. The molecule has 1 aliphatic rings. The lowest BCUT2D eigenvalue weighted by Crippen LogP contribution is -2.19. The fraction of sp³-hybridized carbons (Fsp3) is 0.417. The zero-order valence-corrected chi connectivity index (χ0v) is 9.45. The quantitative estimate of drug-likeness (QED) is 0.767. The van der Waals surface area contributed by atoms with Gasteiger partial charge >= 0.3 is 0 Å². The van der Waals surface area contributed by atoms with Gasteiger partial charge in [0, 0.05) is 25.5 Å². The van der Waals surface area contributed by atoms with Gasteiger partial charge in [-0.3, -0.25) is 0 Å². The van der Waals surface area contributed by atoms with Gasteiger partial charge in [-0.15, -0.1) is 0 Å². The molecule has 0 atom stereocenters. The zero-order valence-electron chi connectivity index (χ0n) is 9.45. The fourth-order valence-corrected chi connectivity index (χ4v) is 2.55. The van der Waals surface area contributed by atoms with E-state index in [0.29, 0.717) is 0 Å². The molecule has 2 aromatic rings. The lowest BCUT2D eigenvalue weighted by atomic mass is 10.1. The standard InChI is InChI=1S/C12H16N4/c1-8-6-14-12-10(9(13)7-15-12)11(8)16-4-2-3-5-16/h6-7H,2-5,13H2,1H3,(H,14,15). The van der Waals surface area contributed by atoms with E-state index in [9.17, 15) is 0 Å². The van der Waals surface area contributed by atoms with Gasteiger partial charge in [-0.05, 0) is 25.3 Å². The Bertz CT molecular complexity index is 523. The van der Waals surface area contributed by atoms with Crippen LogP contribution in [0.15, 0.2) is 12.4 Å². The first kappa shape index (κ1) is 9.51. The summed E-state index contributed by atoms with van der Waals surface area (Å²) in [5.41, 5.74) is 10.2. The van der Waals surface area contributed by atoms with Gasteiger partial charge in [-0.2, -0.15) is 0 Å². The van der Waals surface area contributed by atoms with Crippen molar-refractivity contribution in [2.75, 3.05) is 23.7 Å². The van der Waals surface area contributed by atoms with Crippen LogP contribution in [0.25, 0.3) is 11.0 Å². The minimum Gasteiger partial charge on any atom is -0.397 e. The number of nitrogens with zero attached hydrogens (tertiary/aromatic N) is 2. The Kier molecular flexibility index (Phi) is 2.02. The molecule has 1 fully saturated rings. The number of H-pyrrole nitrogens is 1. The van der Waals surface area contributed by atoms with Crippen LogP contribution in [0.4, 0.5) is 11.4 Å². The minimum absolute atomic E-state index is 0.799. The normalized spacial score (nSPS) is 16.2. The summed E-state index contributed by atoms with van der Waals surface area (Å²) in [6, 6.07) is 0. The highest BCUT2D eigenvalue weighted by Crippen LogP contribution is 2.34. The monoisotopic (exact) mass is 216 g/mol. The van der Waals surface area contributed by atoms with Crippen LogP contribution in [0, 0.1) is 6.92 Å². The van der Waals surface area contributed by atoms with E-state index in [1.165, 1.54) is 24.1 Å². The molecule has 84 valence electrons. The molecule has 2 aromatic heterocycles. The minimum atomic E-state index is 0.799. The van der Waals surface area contributed by atoms with E-state index in [2.05, 4.69) is 21.8 Å². The number of fused-ring (bicyclic) bond motifs is 1. The SMILES string of the molecule is Cc1cnc2[nH]cc(N)c2c1N1CCCC1. The van der Waals surface area contributed by atoms with Crippen molar-refractivity contribution in [1.82, 2.24) is 9.97 Å². The van der Waals surface area contributed by atoms with E-state index in [1.807, 2.05) is 12.4 Å². The molecule has 4 nitrogen and oxygen atoms in total. The van der Waals surface area contributed by atoms with Crippen molar-refractivity contribution in [1.29, 1.82) is 0 Å². The first-order valence-corrected chi connectivity index (χ1v) is 5.74. The summed E-state index contributed by atoms with van der Waals surface area (Å²) in [4.78, 5) is 9.91. The Morgan fingerprint density at radius 3 is 2.88 bits per heavy atom. The Balaban J connectivity index is 2.26. The predicted molar refractivity (Wildman–Crippen MR) is 66.7 cm³/mol. The van der Waals surface area contributed by atoms with Crippen molar-refractivity contribution in [2.24, 2.45) is 0 Å². The van der Waals surface area contributed by atoms with Gasteiger partial charge in [0.25, 0.3) is 0 Å². The molecule has 0 saturated carbocycles. The molecular formula is C12H16N4. The second kappa shape index (κ2) is 3.40. The van der Waals surface area contributed by atoms with Gasteiger partial charge in [-0.1, -0.05) is 0 Å². The molecule has 0 unspecified atom stereocenters. The van der Waals surface area contributed by atoms with E-state index < -0.39 is 0 Å². The van der Waals surface area contributed by atoms with Crippen molar-refractivity contribution in [2.45, 2.75) is 19.8 Å². The van der Waals surface area contributed by atoms with Gasteiger partial charge in [0.2, 0.25) is 0 Å². The smallest absolute Gasteiger partial charge is 0.141 e. The van der Waals surface area contributed by atoms with Crippen LogP contribution in [0.2, 0.25) is 0 Å². The highest BCUT2D eigenvalue weighted by molar-refractivity contribution is 6.00. The van der Waals surface area contributed by atoms with Crippen LogP contribution >= 0.6 is 0 Å². The van der Waals surface area contributed by atoms with Gasteiger partial charge in [0.1, 0.15) is 5.65 Å². The average molecular weight is 216 g/mol. The molecule has 0 aliphatic carbocycles. The largest absolute Gasteiger partial charge is 0.397 e. The van der Waals surface area contributed by atoms with Gasteiger partial charge < -0.3 is 15.6 Å². The maximum Gasteiger partial charge on any atom is 0.141 e. The Hall–Kier alpha value is -1.71. The zero-order chi connectivity index (χ0) is 11.1. The van der Waals surface area contributed by atoms with Crippen LogP contribution in [-0.2, 0) is 0 Å². The second-order valence-corrected chi connectivity index (χ2v) is 4.45. The molecule has 0 radical (unpaired) electrons. The Labute approximate surface area is 94.5 Å². The molecule has 3 heterocycles. The number of aromatic nitrogens is 2. The van der Waals surface area contributed by atoms with Crippen LogP contribution in [0.1, 0.15) is 18.4 Å². The van der Waals surface area contributed by atoms with Gasteiger partial charge in [-0.25, -0.2) is 4.98 Å². The van der Waals surface area contributed by atoms with Crippen molar-refractivity contribution >= 4 is 22.4 Å². The topological polar surface area (TPSA) is 57.9 Å². The van der Waals surface area contributed by atoms with E-state index in [-0.39, 0.29) is 0 Å². The van der Waals surface area contributed by atoms with Crippen molar-refractivity contribution in [3.8, 4) is 0 Å². The van der Waals surface area contributed by atoms with Crippen molar-refractivity contribution < 1.29 is 0 Å². The fourth-order valence-electron chi connectivity index (χ4n) is 2.55. The molecule has 0 aromatic carbocycles. The number of rotatable bonds is 1. The number of nitrogens with two attached hydrogens (primary N) is 1. The maximum absolute atomic E-state index is 6.02. The summed E-state index contributed by atoms with van der Waals surface area (Å²) in [6.45, 7) is 4.36. The number of anilines is 2. The lowest BCUT2D eigenvalue weighted by molar-refractivity contribution is 0.949. The van der Waals surface area contributed by atoms with Crippen molar-refractivity contribution in [3.05, 3.63) is 18.0 Å². The summed E-state index contributed by atoms with van der Waals surface area (Å²) in [7, 11) is 0. The predicted octanol–water partition coefficient (Wildman–Crippen LogP) is 2.05. The maximum atomic E-state index is 6.02. The third-order valence-electron chi connectivity index (χ3n) is 3.31. The number of pyridine rings is 1. The summed E-state index contributed by atoms with van der Waals surface area (Å²) in [6.07, 6.45) is 6.30. The highest BCUT2D eigenvalue weighted by Gasteiger charge is 2.19. The van der Waals surface area contributed by atoms with Crippen LogP contribution in [0.3, 0.4) is 0 Å². The molecule has 4 heteroatoms. The summed E-state index contributed by atoms with van der Waals surface area (Å²) >= 11 is 0. The molecule has 3 rings (SSSR count). The summed E-state index contributed by atoms with van der Waals surface area (Å²) in [5.74, 6) is 0. The third kappa shape index (κ3) is 1.26. The van der Waals surface area contributed by atoms with Gasteiger partial charge in [0.15, 0.2) is 0 Å². The highest BCUT2D eigenvalue weighted by atomic mass is 15.2. The van der Waals surface area contributed by atoms with E-state index >= 15 is 0 Å². The van der Waals surface area contributed by atoms with Gasteiger partial charge in [0.05, 0.1) is 16.8 Å². The molecule has 1 saturated heterocycles. The molecule has 0 amide bonds. The van der Waals surface area contributed by atoms with Crippen LogP contribution in [-0.4, -0.2) is 23.1 Å². The first-order chi connectivity index (χ1) is 7.77. The van der Waals surface area contributed by atoms with Crippen LogP contribution < -0.4 is 10.6 Å². The Morgan fingerprint density at radius 1 is 1.38 bits per heavy atom. The summed E-state index contributed by atoms with van der Waals surface area (Å²) < 4.78 is 0. The number of aryl methyl sites for hydroxylation is 1. The number of nitrogens with one attached hydrogen (secondary N) is 1. The van der Waals surface area contributed by atoms with E-state index in [1.54, 1.807) is 0 Å². The average Bonchev–Trinajstić information content (AvgIpc) is 2.89. The number of nitrogen functional groups attached to an aromatic ring is 1. The second-order valence-electron chi connectivity index (χ2n) is 4.45. The van der Waals surface area contributed by atoms with E-state index in [4.69, 9.17) is 5.73 Å².